The predicted octanol–water partition coefficient (Wildman–Crippen LogP) is 2.51. The molecule has 1 aliphatic heterocycles. The molecule has 1 aromatic carbocycles. The smallest absolute Gasteiger partial charge is 0.319 e. The number of nitrogens with two attached hydrogens (primary N) is 1. The highest BCUT2D eigenvalue weighted by atomic mass is 32.2. The van der Waals surface area contributed by atoms with Gasteiger partial charge < -0.3 is 21.3 Å². The van der Waals surface area contributed by atoms with E-state index in [4.69, 9.17) is 5.73 Å². The Morgan fingerprint density at radius 3 is 2.56 bits per heavy atom. The van der Waals surface area contributed by atoms with Gasteiger partial charge in [0, 0.05) is 30.1 Å². The van der Waals surface area contributed by atoms with Crippen LogP contribution in [0.1, 0.15) is 25.7 Å². The van der Waals surface area contributed by atoms with Gasteiger partial charge in [0.05, 0.1) is 11.9 Å². The molecule has 1 saturated heterocycles. The van der Waals surface area contributed by atoms with Gasteiger partial charge in [-0.05, 0) is 43.7 Å². The highest BCUT2D eigenvalue weighted by Crippen LogP contribution is 2.28. The van der Waals surface area contributed by atoms with E-state index >= 15 is 0 Å². The molecule has 9 heteroatoms. The van der Waals surface area contributed by atoms with Crippen molar-refractivity contribution in [2.24, 2.45) is 11.7 Å². The highest BCUT2D eigenvalue weighted by molar-refractivity contribution is 7.99. The first-order valence-corrected chi connectivity index (χ1v) is 10.2. The molecule has 0 aromatic heterocycles. The van der Waals surface area contributed by atoms with Gasteiger partial charge in [-0.2, -0.15) is 0 Å². The summed E-state index contributed by atoms with van der Waals surface area (Å²) in [6, 6.07) is 2.23. The van der Waals surface area contributed by atoms with Gasteiger partial charge in [0.1, 0.15) is 0 Å². The van der Waals surface area contributed by atoms with Crippen LogP contribution in [-0.4, -0.2) is 47.1 Å². The fourth-order valence-electron chi connectivity index (χ4n) is 3.55. The number of hydrogen-bond acceptors (Lipinski definition) is 4. The van der Waals surface area contributed by atoms with Crippen molar-refractivity contribution in [3.63, 3.8) is 0 Å². The summed E-state index contributed by atoms with van der Waals surface area (Å²) in [5.41, 5.74) is 6.37. The molecule has 0 radical (unpaired) electrons. The monoisotopic (exact) mass is 398 g/mol. The number of thioether (sulfide) groups is 1. The molecule has 1 aliphatic carbocycles. The fraction of sp³-hybridized carbons (Fsp3) is 0.556. The minimum absolute atomic E-state index is 0.0208. The SMILES string of the molecule is NC(C(=O)N1CCSC1)C1CCC(NC(=O)Nc2ccc(F)c(F)c2)CC1. The lowest BCUT2D eigenvalue weighted by Gasteiger charge is -2.33. The van der Waals surface area contributed by atoms with E-state index in [2.05, 4.69) is 10.6 Å². The number of rotatable bonds is 4. The standard InChI is InChI=1S/C18H24F2N4O2S/c19-14-6-5-13(9-15(14)20)23-18(26)22-12-3-1-11(2-4-12)16(21)17(25)24-7-8-27-10-24/h5-6,9,11-12,16H,1-4,7-8,10,21H2,(H2,22,23,26). The number of urea groups is 1. The summed E-state index contributed by atoms with van der Waals surface area (Å²) in [7, 11) is 0. The van der Waals surface area contributed by atoms with Crippen LogP contribution in [0.4, 0.5) is 19.3 Å². The van der Waals surface area contributed by atoms with Crippen molar-refractivity contribution in [1.29, 1.82) is 0 Å². The summed E-state index contributed by atoms with van der Waals surface area (Å²) in [5.74, 6) is -0.153. The summed E-state index contributed by atoms with van der Waals surface area (Å²) in [6.07, 6.45) is 2.99. The average Bonchev–Trinajstić information content (AvgIpc) is 3.19. The van der Waals surface area contributed by atoms with Gasteiger partial charge in [0.25, 0.3) is 0 Å². The number of benzene rings is 1. The second kappa shape index (κ2) is 8.88. The van der Waals surface area contributed by atoms with Crippen LogP contribution in [0.15, 0.2) is 18.2 Å². The Morgan fingerprint density at radius 2 is 1.93 bits per heavy atom. The average molecular weight is 398 g/mol. The summed E-state index contributed by atoms with van der Waals surface area (Å²) in [5, 5.41) is 5.34. The third kappa shape index (κ3) is 5.10. The molecule has 4 N–H and O–H groups in total. The fourth-order valence-corrected chi connectivity index (χ4v) is 4.50. The van der Waals surface area contributed by atoms with E-state index in [0.29, 0.717) is 5.88 Å². The normalized spacial score (nSPS) is 23.7. The van der Waals surface area contributed by atoms with Crippen molar-refractivity contribution in [3.05, 3.63) is 29.8 Å². The molecule has 1 unspecified atom stereocenters. The summed E-state index contributed by atoms with van der Waals surface area (Å²) in [4.78, 5) is 26.3. The second-order valence-electron chi connectivity index (χ2n) is 7.00. The lowest BCUT2D eigenvalue weighted by molar-refractivity contribution is -0.132. The third-order valence-electron chi connectivity index (χ3n) is 5.14. The van der Waals surface area contributed by atoms with E-state index in [-0.39, 0.29) is 23.6 Å². The molecule has 3 amide bonds. The first-order valence-electron chi connectivity index (χ1n) is 9.08. The zero-order valence-electron chi connectivity index (χ0n) is 14.9. The topological polar surface area (TPSA) is 87.5 Å². The Kier molecular flexibility index (Phi) is 6.54. The maximum Gasteiger partial charge on any atom is 0.319 e. The van der Waals surface area contributed by atoms with E-state index in [9.17, 15) is 18.4 Å². The lowest BCUT2D eigenvalue weighted by Crippen LogP contribution is -2.49. The molecule has 2 fully saturated rings. The number of nitrogens with one attached hydrogen (secondary N) is 2. The van der Waals surface area contributed by atoms with Crippen LogP contribution in [-0.2, 0) is 4.79 Å². The van der Waals surface area contributed by atoms with Crippen molar-refractivity contribution in [1.82, 2.24) is 10.2 Å². The molecule has 0 bridgehead atoms. The van der Waals surface area contributed by atoms with Crippen LogP contribution < -0.4 is 16.4 Å². The number of carbonyl (C=O) groups is 2. The molecule has 1 heterocycles. The molecule has 27 heavy (non-hydrogen) atoms. The van der Waals surface area contributed by atoms with E-state index < -0.39 is 23.7 Å². The van der Waals surface area contributed by atoms with Gasteiger partial charge in [-0.25, -0.2) is 13.6 Å². The van der Waals surface area contributed by atoms with Crippen LogP contribution in [0, 0.1) is 17.6 Å². The molecule has 148 valence electrons. The number of hydrogen-bond donors (Lipinski definition) is 3. The van der Waals surface area contributed by atoms with Crippen LogP contribution in [0.2, 0.25) is 0 Å². The summed E-state index contributed by atoms with van der Waals surface area (Å²) < 4.78 is 26.1. The van der Waals surface area contributed by atoms with Crippen LogP contribution in [0.5, 0.6) is 0 Å². The summed E-state index contributed by atoms with van der Waals surface area (Å²) in [6.45, 7) is 0.762. The second-order valence-corrected chi connectivity index (χ2v) is 8.08. The number of amides is 3. The third-order valence-corrected chi connectivity index (χ3v) is 6.11. The molecule has 1 saturated carbocycles. The lowest BCUT2D eigenvalue weighted by atomic mass is 9.81. The highest BCUT2D eigenvalue weighted by Gasteiger charge is 2.33. The Labute approximate surface area is 161 Å². The van der Waals surface area contributed by atoms with Gasteiger partial charge in [0.2, 0.25) is 5.91 Å². The zero-order valence-corrected chi connectivity index (χ0v) is 15.7. The first kappa shape index (κ1) is 19.9. The molecular formula is C18H24F2N4O2S. The largest absolute Gasteiger partial charge is 0.335 e. The molecule has 0 spiro atoms. The molecule has 2 aliphatic rings. The van der Waals surface area contributed by atoms with Crippen molar-refractivity contribution >= 4 is 29.4 Å². The van der Waals surface area contributed by atoms with Crippen molar-refractivity contribution in [2.75, 3.05) is 23.5 Å². The minimum Gasteiger partial charge on any atom is -0.335 e. The first-order chi connectivity index (χ1) is 12.9. The van der Waals surface area contributed by atoms with E-state index in [0.717, 1.165) is 50.1 Å². The van der Waals surface area contributed by atoms with E-state index in [1.165, 1.54) is 6.07 Å². The van der Waals surface area contributed by atoms with Crippen LogP contribution >= 0.6 is 11.8 Å². The molecule has 1 aromatic rings. The maximum atomic E-state index is 13.2. The number of halogens is 2. The van der Waals surface area contributed by atoms with Crippen molar-refractivity contribution in [2.45, 2.75) is 37.8 Å². The van der Waals surface area contributed by atoms with Gasteiger partial charge in [0.15, 0.2) is 11.6 Å². The van der Waals surface area contributed by atoms with Crippen LogP contribution in [0.3, 0.4) is 0 Å². The predicted molar refractivity (Wildman–Crippen MR) is 101 cm³/mol. The van der Waals surface area contributed by atoms with Gasteiger partial charge in [-0.15, -0.1) is 11.8 Å². The Bertz CT molecular complexity index is 692. The maximum absolute atomic E-state index is 13.2. The molecule has 1 atom stereocenters. The number of nitrogens with zero attached hydrogens (tertiary/aromatic N) is 1. The molecular weight excluding hydrogens is 374 g/mol. The minimum atomic E-state index is -1.01. The Hall–Kier alpha value is -1.87. The van der Waals surface area contributed by atoms with Gasteiger partial charge in [-0.3, -0.25) is 4.79 Å². The summed E-state index contributed by atoms with van der Waals surface area (Å²) >= 11 is 1.73. The van der Waals surface area contributed by atoms with E-state index in [1.807, 2.05) is 4.90 Å². The Balaban J connectivity index is 1.44. The number of anilines is 1. The van der Waals surface area contributed by atoms with Gasteiger partial charge in [-0.1, -0.05) is 0 Å². The quantitative estimate of drug-likeness (QED) is 0.727. The van der Waals surface area contributed by atoms with E-state index in [1.54, 1.807) is 11.8 Å². The van der Waals surface area contributed by atoms with Crippen molar-refractivity contribution in [3.8, 4) is 0 Å². The Morgan fingerprint density at radius 1 is 1.19 bits per heavy atom. The molecule has 6 nitrogen and oxygen atoms in total. The zero-order chi connectivity index (χ0) is 19.4. The van der Waals surface area contributed by atoms with Crippen molar-refractivity contribution < 1.29 is 18.4 Å². The molecule has 3 rings (SSSR count). The van der Waals surface area contributed by atoms with Crippen LogP contribution in [0.25, 0.3) is 0 Å². The van der Waals surface area contributed by atoms with Gasteiger partial charge >= 0.3 is 6.03 Å². The number of carbonyl (C=O) groups excluding carboxylic acids is 2.